The lowest BCUT2D eigenvalue weighted by molar-refractivity contribution is 0.171. The van der Waals surface area contributed by atoms with Gasteiger partial charge in [0, 0.05) is 16.9 Å². The molecule has 1 aliphatic heterocycles. The minimum Gasteiger partial charge on any atom is -0.486 e. The Balaban J connectivity index is 0.00000110. The maximum Gasteiger partial charge on any atom is 0.162 e. The Morgan fingerprint density at radius 3 is 2.68 bits per heavy atom. The van der Waals surface area contributed by atoms with Crippen LogP contribution >= 0.6 is 28.3 Å². The summed E-state index contributed by atoms with van der Waals surface area (Å²) in [7, 11) is 0. The first-order valence-corrected chi connectivity index (χ1v) is 7.13. The number of nitrogens with zero attached hydrogens (tertiary/aromatic N) is 1. The van der Waals surface area contributed by atoms with Crippen molar-refractivity contribution in [3.8, 4) is 22.8 Å². The van der Waals surface area contributed by atoms with Crippen LogP contribution in [0.2, 0.25) is 0 Å². The lowest BCUT2D eigenvalue weighted by Gasteiger charge is -2.18. The fourth-order valence-corrected chi connectivity index (χ4v) is 3.14. The highest BCUT2D eigenvalue weighted by Crippen LogP contribution is 2.43. The molecule has 2 heterocycles. The highest BCUT2D eigenvalue weighted by atomic mass is 79.9. The molecule has 1 aromatic heterocycles. The van der Waals surface area contributed by atoms with E-state index in [9.17, 15) is 0 Å². The van der Waals surface area contributed by atoms with E-state index in [1.807, 2.05) is 12.1 Å². The Hall–Kier alpha value is -1.07. The van der Waals surface area contributed by atoms with Crippen LogP contribution in [0.25, 0.3) is 11.3 Å². The number of rotatable bonds is 2. The van der Waals surface area contributed by atoms with Gasteiger partial charge in [0.1, 0.15) is 13.2 Å². The van der Waals surface area contributed by atoms with Gasteiger partial charge in [0.25, 0.3) is 0 Å². The van der Waals surface area contributed by atoms with Gasteiger partial charge in [-0.15, -0.1) is 28.3 Å². The Labute approximate surface area is 126 Å². The lowest BCUT2D eigenvalue weighted by Crippen LogP contribution is -2.15. The van der Waals surface area contributed by atoms with Crippen LogP contribution in [0.15, 0.2) is 23.6 Å². The average molecular weight is 340 g/mol. The summed E-state index contributed by atoms with van der Waals surface area (Å²) in [6.45, 7) is 1.26. The first-order chi connectivity index (χ1) is 8.90. The van der Waals surface area contributed by atoms with Gasteiger partial charge in [-0.05, 0) is 31.0 Å². The molecule has 0 N–H and O–H groups in total. The SMILES string of the molecule is Br.c1cc2c(cc1-c1csc(C3CC3)n1)OCCO2. The topological polar surface area (TPSA) is 31.4 Å². The van der Waals surface area contributed by atoms with Crippen molar-refractivity contribution in [1.82, 2.24) is 4.98 Å². The summed E-state index contributed by atoms with van der Waals surface area (Å²) < 4.78 is 11.1. The smallest absolute Gasteiger partial charge is 0.162 e. The van der Waals surface area contributed by atoms with E-state index in [0.29, 0.717) is 13.2 Å². The average Bonchev–Trinajstić information content (AvgIpc) is 3.16. The first kappa shape index (κ1) is 12.9. The molecule has 5 heteroatoms. The van der Waals surface area contributed by atoms with E-state index in [1.54, 1.807) is 11.3 Å². The van der Waals surface area contributed by atoms with Crippen LogP contribution in [0, 0.1) is 0 Å². The minimum atomic E-state index is 0. The van der Waals surface area contributed by atoms with E-state index in [4.69, 9.17) is 14.5 Å². The molecule has 0 bridgehead atoms. The van der Waals surface area contributed by atoms with E-state index in [0.717, 1.165) is 28.7 Å². The van der Waals surface area contributed by atoms with Crippen molar-refractivity contribution < 1.29 is 9.47 Å². The number of benzene rings is 1. The van der Waals surface area contributed by atoms with Crippen LogP contribution in [-0.2, 0) is 0 Å². The van der Waals surface area contributed by atoms with E-state index in [2.05, 4.69) is 11.4 Å². The lowest BCUT2D eigenvalue weighted by atomic mass is 10.1. The van der Waals surface area contributed by atoms with Crippen molar-refractivity contribution in [2.24, 2.45) is 0 Å². The maximum atomic E-state index is 5.60. The molecule has 1 fully saturated rings. The minimum absolute atomic E-state index is 0. The molecule has 100 valence electrons. The van der Waals surface area contributed by atoms with Gasteiger partial charge in [0.2, 0.25) is 0 Å². The number of thiazole rings is 1. The standard InChI is InChI=1S/C14H13NO2S.BrH/c1-2-9(1)14-15-11(8-18-14)10-3-4-12-13(7-10)17-6-5-16-12;/h3-4,7-9H,1-2,5-6H2;1H. The van der Waals surface area contributed by atoms with Gasteiger partial charge in [-0.1, -0.05) is 0 Å². The second-order valence-electron chi connectivity index (χ2n) is 4.70. The maximum absolute atomic E-state index is 5.60. The summed E-state index contributed by atoms with van der Waals surface area (Å²) in [6.07, 6.45) is 2.60. The third kappa shape index (κ3) is 2.49. The summed E-state index contributed by atoms with van der Waals surface area (Å²) in [5.41, 5.74) is 2.17. The van der Waals surface area contributed by atoms with E-state index in [-0.39, 0.29) is 17.0 Å². The molecule has 0 unspecified atom stereocenters. The molecule has 0 saturated heterocycles. The zero-order valence-corrected chi connectivity index (χ0v) is 12.8. The van der Waals surface area contributed by atoms with E-state index >= 15 is 0 Å². The van der Waals surface area contributed by atoms with Crippen LogP contribution < -0.4 is 9.47 Å². The molecular formula is C14H14BrNO2S. The Morgan fingerprint density at radius 2 is 1.89 bits per heavy atom. The summed E-state index contributed by atoms with van der Waals surface area (Å²) in [6, 6.07) is 6.06. The van der Waals surface area contributed by atoms with E-state index < -0.39 is 0 Å². The Kier molecular flexibility index (Phi) is 3.50. The molecule has 2 aromatic rings. The van der Waals surface area contributed by atoms with Crippen molar-refractivity contribution in [2.75, 3.05) is 13.2 Å². The number of halogens is 1. The van der Waals surface area contributed by atoms with Crippen molar-refractivity contribution in [1.29, 1.82) is 0 Å². The van der Waals surface area contributed by atoms with Gasteiger partial charge >= 0.3 is 0 Å². The Bertz CT molecular complexity index is 595. The van der Waals surface area contributed by atoms with Gasteiger partial charge in [-0.25, -0.2) is 4.98 Å². The molecule has 4 rings (SSSR count). The number of ether oxygens (including phenoxy) is 2. The fraction of sp³-hybridized carbons (Fsp3) is 0.357. The number of hydrogen-bond donors (Lipinski definition) is 0. The summed E-state index contributed by atoms with van der Waals surface area (Å²) >= 11 is 1.77. The van der Waals surface area contributed by atoms with Gasteiger partial charge in [-0.2, -0.15) is 0 Å². The largest absolute Gasteiger partial charge is 0.486 e. The van der Waals surface area contributed by atoms with Crippen molar-refractivity contribution in [3.63, 3.8) is 0 Å². The van der Waals surface area contributed by atoms with Crippen LogP contribution in [0.3, 0.4) is 0 Å². The predicted octanol–water partition coefficient (Wildman–Crippen LogP) is 4.04. The first-order valence-electron chi connectivity index (χ1n) is 6.25. The zero-order valence-electron chi connectivity index (χ0n) is 10.3. The van der Waals surface area contributed by atoms with Crippen LogP contribution in [0.1, 0.15) is 23.8 Å². The molecule has 0 spiro atoms. The van der Waals surface area contributed by atoms with Gasteiger partial charge in [-0.3, -0.25) is 0 Å². The summed E-state index contributed by atoms with van der Waals surface area (Å²) in [5, 5.41) is 3.42. The molecule has 1 aromatic carbocycles. The van der Waals surface area contributed by atoms with Gasteiger partial charge < -0.3 is 9.47 Å². The third-order valence-electron chi connectivity index (χ3n) is 3.29. The molecule has 1 aliphatic carbocycles. The molecule has 1 saturated carbocycles. The van der Waals surface area contributed by atoms with Crippen molar-refractivity contribution >= 4 is 28.3 Å². The molecule has 3 nitrogen and oxygen atoms in total. The summed E-state index contributed by atoms with van der Waals surface area (Å²) in [5.74, 6) is 2.39. The normalized spacial score (nSPS) is 16.8. The number of aromatic nitrogens is 1. The van der Waals surface area contributed by atoms with Gasteiger partial charge in [0.05, 0.1) is 10.7 Å². The van der Waals surface area contributed by atoms with Crippen molar-refractivity contribution in [2.45, 2.75) is 18.8 Å². The van der Waals surface area contributed by atoms with E-state index in [1.165, 1.54) is 17.8 Å². The zero-order chi connectivity index (χ0) is 11.9. The second kappa shape index (κ2) is 5.13. The number of hydrogen-bond acceptors (Lipinski definition) is 4. The molecule has 2 aliphatic rings. The molecule has 19 heavy (non-hydrogen) atoms. The highest BCUT2D eigenvalue weighted by Gasteiger charge is 2.26. The third-order valence-corrected chi connectivity index (χ3v) is 4.29. The monoisotopic (exact) mass is 339 g/mol. The second-order valence-corrected chi connectivity index (χ2v) is 5.59. The van der Waals surface area contributed by atoms with Crippen LogP contribution in [0.5, 0.6) is 11.5 Å². The van der Waals surface area contributed by atoms with Crippen LogP contribution in [-0.4, -0.2) is 18.2 Å². The summed E-state index contributed by atoms with van der Waals surface area (Å²) in [4.78, 5) is 4.71. The molecule has 0 radical (unpaired) electrons. The quantitative estimate of drug-likeness (QED) is 0.827. The molecule has 0 atom stereocenters. The molecule has 0 amide bonds. The highest BCUT2D eigenvalue weighted by molar-refractivity contribution is 8.93. The molecular weight excluding hydrogens is 326 g/mol. The number of fused-ring (bicyclic) bond motifs is 1. The Morgan fingerprint density at radius 1 is 1.11 bits per heavy atom. The van der Waals surface area contributed by atoms with Crippen molar-refractivity contribution in [3.05, 3.63) is 28.6 Å². The van der Waals surface area contributed by atoms with Gasteiger partial charge in [0.15, 0.2) is 11.5 Å². The van der Waals surface area contributed by atoms with Crippen LogP contribution in [0.4, 0.5) is 0 Å². The predicted molar refractivity (Wildman–Crippen MR) is 80.8 cm³/mol. The fourth-order valence-electron chi connectivity index (χ4n) is 2.14.